The van der Waals surface area contributed by atoms with Gasteiger partial charge in [-0.3, -0.25) is 9.78 Å². The molecule has 2 N–H and O–H groups in total. The summed E-state index contributed by atoms with van der Waals surface area (Å²) in [4.78, 5) is 17.3. The Balaban J connectivity index is 1.68. The third-order valence-electron chi connectivity index (χ3n) is 5.13. The van der Waals surface area contributed by atoms with Crippen LogP contribution in [0.25, 0.3) is 11.3 Å². The first-order chi connectivity index (χ1) is 15.6. The molecule has 1 amide bonds. The van der Waals surface area contributed by atoms with Crippen LogP contribution in [0.3, 0.4) is 0 Å². The van der Waals surface area contributed by atoms with Gasteiger partial charge in [0, 0.05) is 31.0 Å². The molecule has 2 aromatic heterocycles. The maximum atomic E-state index is 13.1. The Morgan fingerprint density at radius 1 is 1.15 bits per heavy atom. The summed E-state index contributed by atoms with van der Waals surface area (Å²) in [5, 5.41) is 12.3. The van der Waals surface area contributed by atoms with E-state index in [9.17, 15) is 31.5 Å². The van der Waals surface area contributed by atoms with Gasteiger partial charge in [-0.1, -0.05) is 0 Å². The number of aliphatic hydroxyl groups is 1. The Morgan fingerprint density at radius 2 is 1.88 bits per heavy atom. The van der Waals surface area contributed by atoms with E-state index in [1.54, 1.807) is 35.5 Å². The molecule has 8 nitrogen and oxygen atoms in total. The number of nitrogens with zero attached hydrogens (tertiary/aromatic N) is 2. The zero-order valence-corrected chi connectivity index (χ0v) is 17.7. The van der Waals surface area contributed by atoms with Gasteiger partial charge in [-0.2, -0.15) is 13.2 Å². The molecule has 4 rings (SSSR count). The lowest BCUT2D eigenvalue weighted by Gasteiger charge is -2.22. The number of alkyl halides is 3. The molecule has 1 aromatic carbocycles. The molecule has 3 heterocycles. The predicted octanol–water partition coefficient (Wildman–Crippen LogP) is 3.46. The van der Waals surface area contributed by atoms with E-state index in [0.29, 0.717) is 24.3 Å². The Kier molecular flexibility index (Phi) is 5.89. The number of nitrogens with one attached hydrogen (secondary N) is 1. The zero-order valence-electron chi connectivity index (χ0n) is 16.9. The number of hydrogen-bond donors (Lipinski definition) is 2. The van der Waals surface area contributed by atoms with E-state index in [2.05, 4.69) is 10.3 Å². The summed E-state index contributed by atoms with van der Waals surface area (Å²) in [7, 11) is -5.63. The van der Waals surface area contributed by atoms with Crippen molar-refractivity contribution in [3.05, 3.63) is 60.6 Å². The van der Waals surface area contributed by atoms with Crippen LogP contribution in [0.1, 0.15) is 17.0 Å². The molecular formula is C21H18F3N3O5S. The lowest BCUT2D eigenvalue weighted by atomic mass is 10.2. The van der Waals surface area contributed by atoms with Crippen LogP contribution in [-0.4, -0.2) is 49.1 Å². The third kappa shape index (κ3) is 4.57. The number of benzene rings is 1. The Hall–Kier alpha value is -3.38. The normalized spacial score (nSPS) is 16.7. The average molecular weight is 481 g/mol. The van der Waals surface area contributed by atoms with Crippen molar-refractivity contribution >= 4 is 27.1 Å². The summed E-state index contributed by atoms with van der Waals surface area (Å²) in [6, 6.07) is 9.04. The molecule has 0 spiro atoms. The number of rotatable bonds is 5. The summed E-state index contributed by atoms with van der Waals surface area (Å²) in [6.45, 7) is 0.559. The molecule has 0 radical (unpaired) electrons. The lowest BCUT2D eigenvalue weighted by molar-refractivity contribution is -0.0436. The van der Waals surface area contributed by atoms with Gasteiger partial charge in [-0.25, -0.2) is 8.42 Å². The molecular weight excluding hydrogens is 463 g/mol. The van der Waals surface area contributed by atoms with Crippen LogP contribution in [0.5, 0.6) is 0 Å². The van der Waals surface area contributed by atoms with Gasteiger partial charge >= 0.3 is 5.51 Å². The van der Waals surface area contributed by atoms with Gasteiger partial charge in [-0.15, -0.1) is 0 Å². The number of pyridine rings is 1. The van der Waals surface area contributed by atoms with E-state index < -0.39 is 32.3 Å². The summed E-state index contributed by atoms with van der Waals surface area (Å²) >= 11 is 0. The summed E-state index contributed by atoms with van der Waals surface area (Å²) in [5.74, 6) is -0.532. The van der Waals surface area contributed by atoms with Crippen LogP contribution in [-0.2, 0) is 9.84 Å². The third-order valence-corrected chi connectivity index (χ3v) is 6.61. The van der Waals surface area contributed by atoms with Gasteiger partial charge in [0.2, 0.25) is 0 Å². The van der Waals surface area contributed by atoms with Crippen LogP contribution in [0.4, 0.5) is 24.5 Å². The molecule has 0 saturated carbocycles. The van der Waals surface area contributed by atoms with Gasteiger partial charge in [0.25, 0.3) is 15.7 Å². The second kappa shape index (κ2) is 8.52. The first-order valence-corrected chi connectivity index (χ1v) is 11.2. The van der Waals surface area contributed by atoms with Crippen LogP contribution in [0.15, 0.2) is 64.2 Å². The molecule has 1 aliphatic heterocycles. The SMILES string of the molecule is O=C(Nc1cc(S(=O)(=O)C(F)(F)F)ccc1N1CCC(O)C1)c1ccc(-c2ccncc2)o1. The van der Waals surface area contributed by atoms with Crippen LogP contribution in [0, 0.1) is 0 Å². The number of halogens is 3. The number of anilines is 2. The van der Waals surface area contributed by atoms with Gasteiger partial charge in [-0.05, 0) is 48.9 Å². The van der Waals surface area contributed by atoms with Crippen molar-refractivity contribution in [2.24, 2.45) is 0 Å². The van der Waals surface area contributed by atoms with Crippen LogP contribution in [0.2, 0.25) is 0 Å². The van der Waals surface area contributed by atoms with Gasteiger partial charge < -0.3 is 19.7 Å². The molecule has 1 atom stereocenters. The molecule has 33 heavy (non-hydrogen) atoms. The molecule has 12 heteroatoms. The highest BCUT2D eigenvalue weighted by atomic mass is 32.2. The molecule has 174 valence electrons. The fourth-order valence-corrected chi connectivity index (χ4v) is 4.26. The highest BCUT2D eigenvalue weighted by molar-refractivity contribution is 7.92. The van der Waals surface area contributed by atoms with Crippen molar-refractivity contribution in [3.8, 4) is 11.3 Å². The second-order valence-electron chi connectivity index (χ2n) is 7.37. The van der Waals surface area contributed by atoms with Crippen LogP contribution < -0.4 is 10.2 Å². The molecule has 0 aliphatic carbocycles. The number of hydrogen-bond acceptors (Lipinski definition) is 7. The molecule has 1 saturated heterocycles. The number of carbonyl (C=O) groups excluding carboxylic acids is 1. The number of aliphatic hydroxyl groups excluding tert-OH is 1. The monoisotopic (exact) mass is 481 g/mol. The van der Waals surface area contributed by atoms with E-state index in [0.717, 1.165) is 12.1 Å². The number of carbonyl (C=O) groups is 1. The van der Waals surface area contributed by atoms with E-state index in [1.807, 2.05) is 0 Å². The standard InChI is InChI=1S/C21H18F3N3O5S/c22-21(23,24)33(30,31)15-1-2-17(27-10-7-14(28)12-27)16(11-15)26-20(29)19-4-3-18(32-19)13-5-8-25-9-6-13/h1-6,8-9,11,14,28H,7,10,12H2,(H,26,29). The number of β-amino-alcohol motifs (C(OH)–C–C–N with tert-alkyl or cyclic N) is 1. The van der Waals surface area contributed by atoms with E-state index >= 15 is 0 Å². The van der Waals surface area contributed by atoms with Crippen molar-refractivity contribution in [1.82, 2.24) is 4.98 Å². The first-order valence-electron chi connectivity index (χ1n) is 9.76. The van der Waals surface area contributed by atoms with Crippen molar-refractivity contribution < 1.29 is 35.9 Å². The molecule has 1 fully saturated rings. The van der Waals surface area contributed by atoms with Crippen molar-refractivity contribution in [1.29, 1.82) is 0 Å². The fraction of sp³-hybridized carbons (Fsp3) is 0.238. The number of sulfone groups is 1. The smallest absolute Gasteiger partial charge is 0.451 e. The summed E-state index contributed by atoms with van der Waals surface area (Å²) in [5.41, 5.74) is -4.71. The zero-order chi connectivity index (χ0) is 23.8. The maximum absolute atomic E-state index is 13.1. The first kappa shape index (κ1) is 22.8. The average Bonchev–Trinajstić information content (AvgIpc) is 3.43. The van der Waals surface area contributed by atoms with E-state index in [1.165, 1.54) is 12.1 Å². The predicted molar refractivity (Wildman–Crippen MR) is 112 cm³/mol. The lowest BCUT2D eigenvalue weighted by Crippen LogP contribution is -2.25. The highest BCUT2D eigenvalue weighted by Crippen LogP contribution is 2.36. The molecule has 1 aliphatic rings. The molecule has 3 aromatic rings. The van der Waals surface area contributed by atoms with Gasteiger partial charge in [0.05, 0.1) is 22.4 Å². The van der Waals surface area contributed by atoms with E-state index in [4.69, 9.17) is 4.42 Å². The minimum Gasteiger partial charge on any atom is -0.451 e. The number of aromatic nitrogens is 1. The largest absolute Gasteiger partial charge is 0.501 e. The quantitative estimate of drug-likeness (QED) is 0.574. The Bertz CT molecular complexity index is 1280. The van der Waals surface area contributed by atoms with Gasteiger partial charge in [0.1, 0.15) is 5.76 Å². The van der Waals surface area contributed by atoms with Crippen LogP contribution >= 0.6 is 0 Å². The highest BCUT2D eigenvalue weighted by Gasteiger charge is 2.47. The number of amides is 1. The Morgan fingerprint density at radius 3 is 2.52 bits per heavy atom. The fourth-order valence-electron chi connectivity index (χ4n) is 3.47. The summed E-state index contributed by atoms with van der Waals surface area (Å²) in [6.07, 6.45) is 2.85. The number of furan rings is 1. The molecule has 1 unspecified atom stereocenters. The topological polar surface area (TPSA) is 113 Å². The maximum Gasteiger partial charge on any atom is 0.501 e. The van der Waals surface area contributed by atoms with Crippen molar-refractivity contribution in [2.75, 3.05) is 23.3 Å². The summed E-state index contributed by atoms with van der Waals surface area (Å²) < 4.78 is 68.5. The van der Waals surface area contributed by atoms with Crippen molar-refractivity contribution in [3.63, 3.8) is 0 Å². The van der Waals surface area contributed by atoms with Crippen molar-refractivity contribution in [2.45, 2.75) is 22.9 Å². The van der Waals surface area contributed by atoms with Gasteiger partial charge in [0.15, 0.2) is 5.76 Å². The molecule has 0 bridgehead atoms. The van der Waals surface area contributed by atoms with E-state index in [-0.39, 0.29) is 23.7 Å². The minimum atomic E-state index is -5.63. The second-order valence-corrected chi connectivity index (χ2v) is 9.31. The Labute approximate surface area is 186 Å². The minimum absolute atomic E-state index is 0.127.